The van der Waals surface area contributed by atoms with Crippen LogP contribution in [0.4, 0.5) is 14.9 Å². The quantitative estimate of drug-likeness (QED) is 0.888. The van der Waals surface area contributed by atoms with Gasteiger partial charge in [-0.15, -0.1) is 0 Å². The molecule has 1 aromatic heterocycles. The normalized spacial score (nSPS) is 11.9. The van der Waals surface area contributed by atoms with Gasteiger partial charge in [0.1, 0.15) is 11.9 Å². The Labute approximate surface area is 120 Å². The fourth-order valence-electron chi connectivity index (χ4n) is 1.71. The molecule has 1 unspecified atom stereocenters. The zero-order chi connectivity index (χ0) is 14.4. The van der Waals surface area contributed by atoms with Crippen molar-refractivity contribution in [3.05, 3.63) is 52.5 Å². The highest BCUT2D eigenvalue weighted by molar-refractivity contribution is 7.07. The summed E-state index contributed by atoms with van der Waals surface area (Å²) in [4.78, 5) is 11.7. The molecule has 1 heterocycles. The number of para-hydroxylation sites is 1. The van der Waals surface area contributed by atoms with Crippen LogP contribution in [0.5, 0.6) is 0 Å². The molecule has 0 bridgehead atoms. The van der Waals surface area contributed by atoms with E-state index in [9.17, 15) is 9.18 Å². The average Bonchev–Trinajstić information content (AvgIpc) is 2.96. The van der Waals surface area contributed by atoms with Gasteiger partial charge in [-0.2, -0.15) is 11.3 Å². The van der Waals surface area contributed by atoms with Gasteiger partial charge in [0, 0.05) is 13.7 Å². The minimum absolute atomic E-state index is 0.148. The molecule has 1 aromatic carbocycles. The van der Waals surface area contributed by atoms with Gasteiger partial charge in [-0.3, -0.25) is 0 Å². The topological polar surface area (TPSA) is 50.4 Å². The maximum absolute atomic E-state index is 13.4. The highest BCUT2D eigenvalue weighted by Gasteiger charge is 2.13. The predicted molar refractivity (Wildman–Crippen MR) is 77.5 cm³/mol. The second kappa shape index (κ2) is 7.02. The van der Waals surface area contributed by atoms with E-state index in [1.165, 1.54) is 12.1 Å². The molecular weight excluding hydrogens is 279 g/mol. The van der Waals surface area contributed by atoms with Crippen LogP contribution in [-0.4, -0.2) is 19.7 Å². The van der Waals surface area contributed by atoms with Crippen molar-refractivity contribution < 1.29 is 13.9 Å². The molecule has 20 heavy (non-hydrogen) atoms. The molecule has 2 aromatic rings. The number of anilines is 1. The molecule has 2 amide bonds. The van der Waals surface area contributed by atoms with Crippen LogP contribution in [0.1, 0.15) is 11.7 Å². The molecular formula is C14H15FN2O2S. The molecule has 0 aliphatic heterocycles. The SMILES string of the molecule is COC(CNC(=O)Nc1ccccc1F)c1ccsc1. The summed E-state index contributed by atoms with van der Waals surface area (Å²) >= 11 is 1.56. The third kappa shape index (κ3) is 3.79. The predicted octanol–water partition coefficient (Wildman–Crippen LogP) is 3.40. The van der Waals surface area contributed by atoms with Crippen LogP contribution in [-0.2, 0) is 4.74 Å². The van der Waals surface area contributed by atoms with E-state index in [1.54, 1.807) is 30.6 Å². The number of ether oxygens (including phenoxy) is 1. The van der Waals surface area contributed by atoms with Gasteiger partial charge in [-0.05, 0) is 34.5 Å². The van der Waals surface area contributed by atoms with Crippen molar-refractivity contribution >= 4 is 23.1 Å². The number of benzene rings is 1. The number of amides is 2. The van der Waals surface area contributed by atoms with Crippen molar-refractivity contribution in [2.45, 2.75) is 6.10 Å². The Kier molecular flexibility index (Phi) is 5.09. The van der Waals surface area contributed by atoms with Crippen LogP contribution in [0.15, 0.2) is 41.1 Å². The second-order valence-corrected chi connectivity index (χ2v) is 4.88. The van der Waals surface area contributed by atoms with Crippen LogP contribution in [0.25, 0.3) is 0 Å². The van der Waals surface area contributed by atoms with Crippen molar-refractivity contribution in [2.24, 2.45) is 0 Å². The Hall–Kier alpha value is -1.92. The van der Waals surface area contributed by atoms with Gasteiger partial charge in [-0.25, -0.2) is 9.18 Å². The molecule has 0 aliphatic carbocycles. The minimum Gasteiger partial charge on any atom is -0.375 e. The maximum atomic E-state index is 13.4. The fourth-order valence-corrected chi connectivity index (χ4v) is 2.41. The van der Waals surface area contributed by atoms with Gasteiger partial charge < -0.3 is 15.4 Å². The lowest BCUT2D eigenvalue weighted by molar-refractivity contribution is 0.105. The summed E-state index contributed by atoms with van der Waals surface area (Å²) in [6.45, 7) is 0.313. The van der Waals surface area contributed by atoms with Gasteiger partial charge in [0.15, 0.2) is 0 Å². The van der Waals surface area contributed by atoms with E-state index in [-0.39, 0.29) is 11.8 Å². The Morgan fingerprint density at radius 1 is 1.40 bits per heavy atom. The third-order valence-corrected chi connectivity index (χ3v) is 3.47. The summed E-state index contributed by atoms with van der Waals surface area (Å²) in [5, 5.41) is 9.03. The lowest BCUT2D eigenvalue weighted by Gasteiger charge is -2.15. The molecule has 2 rings (SSSR count). The first-order valence-corrected chi connectivity index (χ1v) is 6.99. The monoisotopic (exact) mass is 294 g/mol. The van der Waals surface area contributed by atoms with Crippen molar-refractivity contribution in [2.75, 3.05) is 19.0 Å². The third-order valence-electron chi connectivity index (χ3n) is 2.77. The zero-order valence-corrected chi connectivity index (χ0v) is 11.7. The molecule has 0 aliphatic rings. The summed E-state index contributed by atoms with van der Waals surface area (Å²) in [6.07, 6.45) is -0.215. The molecule has 2 N–H and O–H groups in total. The summed E-state index contributed by atoms with van der Waals surface area (Å²) in [5.41, 5.74) is 1.15. The molecule has 0 saturated carbocycles. The molecule has 4 nitrogen and oxygen atoms in total. The average molecular weight is 294 g/mol. The molecule has 0 saturated heterocycles. The van der Waals surface area contributed by atoms with Crippen LogP contribution in [0.3, 0.4) is 0 Å². The van der Waals surface area contributed by atoms with Crippen LogP contribution in [0.2, 0.25) is 0 Å². The Morgan fingerprint density at radius 3 is 2.85 bits per heavy atom. The number of carbonyl (C=O) groups excluding carboxylic acids is 1. The van der Waals surface area contributed by atoms with Gasteiger partial charge >= 0.3 is 6.03 Å². The van der Waals surface area contributed by atoms with Crippen molar-refractivity contribution in [3.8, 4) is 0 Å². The van der Waals surface area contributed by atoms with Gasteiger partial charge in [0.25, 0.3) is 0 Å². The summed E-state index contributed by atoms with van der Waals surface area (Å²) in [6, 6.07) is 7.49. The number of rotatable bonds is 5. The van der Waals surface area contributed by atoms with Gasteiger partial charge in [0.2, 0.25) is 0 Å². The van der Waals surface area contributed by atoms with Crippen molar-refractivity contribution in [3.63, 3.8) is 0 Å². The van der Waals surface area contributed by atoms with E-state index in [0.717, 1.165) is 5.56 Å². The van der Waals surface area contributed by atoms with Crippen LogP contribution < -0.4 is 10.6 Å². The van der Waals surface area contributed by atoms with E-state index in [2.05, 4.69) is 10.6 Å². The lowest BCUT2D eigenvalue weighted by atomic mass is 10.2. The number of hydrogen-bond acceptors (Lipinski definition) is 3. The molecule has 106 valence electrons. The number of hydrogen-bond donors (Lipinski definition) is 2. The number of thiophene rings is 1. The van der Waals surface area contributed by atoms with E-state index in [0.29, 0.717) is 6.54 Å². The molecule has 6 heteroatoms. The van der Waals surface area contributed by atoms with E-state index in [4.69, 9.17) is 4.74 Å². The first-order valence-electron chi connectivity index (χ1n) is 6.05. The fraction of sp³-hybridized carbons (Fsp3) is 0.214. The zero-order valence-electron chi connectivity index (χ0n) is 10.9. The van der Waals surface area contributed by atoms with Crippen LogP contribution >= 0.6 is 11.3 Å². The Balaban J connectivity index is 1.87. The lowest BCUT2D eigenvalue weighted by Crippen LogP contribution is -2.33. The number of carbonyl (C=O) groups is 1. The molecule has 1 atom stereocenters. The standard InChI is InChI=1S/C14H15FN2O2S/c1-19-13(10-6-7-20-9-10)8-16-14(18)17-12-5-3-2-4-11(12)15/h2-7,9,13H,8H2,1H3,(H2,16,17,18). The number of nitrogens with one attached hydrogen (secondary N) is 2. The highest BCUT2D eigenvalue weighted by Crippen LogP contribution is 2.18. The molecule has 0 radical (unpaired) electrons. The largest absolute Gasteiger partial charge is 0.375 e. The number of halogens is 1. The summed E-state index contributed by atoms with van der Waals surface area (Å²) < 4.78 is 18.7. The second-order valence-electron chi connectivity index (χ2n) is 4.10. The van der Waals surface area contributed by atoms with Crippen LogP contribution in [0, 0.1) is 5.82 Å². The van der Waals surface area contributed by atoms with Crippen molar-refractivity contribution in [1.29, 1.82) is 0 Å². The first kappa shape index (κ1) is 14.5. The number of methoxy groups -OCH3 is 1. The van der Waals surface area contributed by atoms with Gasteiger partial charge in [-0.1, -0.05) is 12.1 Å². The molecule has 0 fully saturated rings. The Morgan fingerprint density at radius 2 is 2.20 bits per heavy atom. The maximum Gasteiger partial charge on any atom is 0.319 e. The smallest absolute Gasteiger partial charge is 0.319 e. The first-order chi connectivity index (χ1) is 9.70. The Bertz CT molecular complexity index is 560. The van der Waals surface area contributed by atoms with Gasteiger partial charge in [0.05, 0.1) is 5.69 Å². The summed E-state index contributed by atoms with van der Waals surface area (Å²) in [7, 11) is 1.58. The van der Waals surface area contributed by atoms with E-state index < -0.39 is 11.8 Å². The highest BCUT2D eigenvalue weighted by atomic mass is 32.1. The minimum atomic E-state index is -0.469. The number of urea groups is 1. The van der Waals surface area contributed by atoms with E-state index >= 15 is 0 Å². The molecule has 0 spiro atoms. The summed E-state index contributed by atoms with van der Waals surface area (Å²) in [5.74, 6) is -0.469. The van der Waals surface area contributed by atoms with Crippen molar-refractivity contribution in [1.82, 2.24) is 5.32 Å². The van der Waals surface area contributed by atoms with E-state index in [1.807, 2.05) is 16.8 Å².